The first-order valence-electron chi connectivity index (χ1n) is 4.55. The Morgan fingerprint density at radius 2 is 1.86 bits per heavy atom. The molecule has 0 fully saturated rings. The van der Waals surface area contributed by atoms with Crippen molar-refractivity contribution in [2.45, 2.75) is 10.9 Å². The molecule has 1 rings (SSSR count). The van der Waals surface area contributed by atoms with Crippen molar-refractivity contribution in [3.63, 3.8) is 0 Å². The van der Waals surface area contributed by atoms with Gasteiger partial charge in [-0.15, -0.1) is 23.4 Å². The molecule has 0 aliphatic rings. The first-order valence-corrected chi connectivity index (χ1v) is 6.31. The van der Waals surface area contributed by atoms with Crippen LogP contribution in [0.15, 0.2) is 29.2 Å². The van der Waals surface area contributed by atoms with Crippen LogP contribution in [0.2, 0.25) is 0 Å². The van der Waals surface area contributed by atoms with E-state index in [9.17, 15) is 0 Å². The maximum absolute atomic E-state index is 5.92. The molecule has 0 N–H and O–H groups in total. The maximum atomic E-state index is 5.92. The zero-order chi connectivity index (χ0) is 10.6. The smallest absolute Gasteiger partial charge is 0.0477 e. The molecule has 1 atom stereocenters. The van der Waals surface area contributed by atoms with Gasteiger partial charge in [-0.3, -0.25) is 0 Å². The van der Waals surface area contributed by atoms with E-state index in [0.717, 1.165) is 0 Å². The molecule has 0 aromatic heterocycles. The number of nitrogens with zero attached hydrogens (tertiary/aromatic N) is 1. The van der Waals surface area contributed by atoms with Crippen LogP contribution in [0.25, 0.3) is 0 Å². The fraction of sp³-hybridized carbons (Fsp3) is 0.455. The fourth-order valence-corrected chi connectivity index (χ4v) is 2.21. The minimum atomic E-state index is 0.313. The molecule has 1 unspecified atom stereocenters. The summed E-state index contributed by atoms with van der Waals surface area (Å²) in [4.78, 5) is 3.43. The van der Waals surface area contributed by atoms with Gasteiger partial charge < -0.3 is 4.90 Å². The SMILES string of the molecule is CSc1ccc(C(CCl)N(C)C)cc1. The zero-order valence-electron chi connectivity index (χ0n) is 8.83. The highest BCUT2D eigenvalue weighted by atomic mass is 35.5. The number of thioether (sulfide) groups is 1. The summed E-state index contributed by atoms with van der Waals surface area (Å²) in [6.07, 6.45) is 2.08. The van der Waals surface area contributed by atoms with E-state index in [2.05, 4.69) is 49.5 Å². The lowest BCUT2D eigenvalue weighted by Crippen LogP contribution is -2.21. The minimum absolute atomic E-state index is 0.313. The molecule has 0 radical (unpaired) electrons. The van der Waals surface area contributed by atoms with Crippen molar-refractivity contribution in [3.8, 4) is 0 Å². The molecule has 78 valence electrons. The summed E-state index contributed by atoms with van der Waals surface area (Å²) in [5.74, 6) is 0.631. The second-order valence-electron chi connectivity index (χ2n) is 3.41. The molecule has 0 amide bonds. The molecule has 14 heavy (non-hydrogen) atoms. The van der Waals surface area contributed by atoms with Crippen LogP contribution in [0.4, 0.5) is 0 Å². The number of rotatable bonds is 4. The van der Waals surface area contributed by atoms with E-state index < -0.39 is 0 Å². The van der Waals surface area contributed by atoms with Gasteiger partial charge >= 0.3 is 0 Å². The van der Waals surface area contributed by atoms with E-state index in [-0.39, 0.29) is 0 Å². The Balaban J connectivity index is 2.84. The predicted molar refractivity (Wildman–Crippen MR) is 65.4 cm³/mol. The molecule has 1 nitrogen and oxygen atoms in total. The van der Waals surface area contributed by atoms with Crippen LogP contribution in [-0.4, -0.2) is 31.1 Å². The Morgan fingerprint density at radius 1 is 1.29 bits per heavy atom. The molecule has 0 aliphatic carbocycles. The number of hydrogen-bond acceptors (Lipinski definition) is 2. The van der Waals surface area contributed by atoms with Crippen LogP contribution in [0, 0.1) is 0 Å². The van der Waals surface area contributed by atoms with Gasteiger partial charge in [0.25, 0.3) is 0 Å². The predicted octanol–water partition coefficient (Wildman–Crippen LogP) is 3.25. The van der Waals surface area contributed by atoms with Gasteiger partial charge in [0.1, 0.15) is 0 Å². The number of alkyl halides is 1. The standard InChI is InChI=1S/C11H16ClNS/c1-13(2)11(8-12)9-4-6-10(14-3)7-5-9/h4-7,11H,8H2,1-3H3. The third-order valence-corrected chi connectivity index (χ3v) is 3.31. The third-order valence-electron chi connectivity index (χ3n) is 2.27. The lowest BCUT2D eigenvalue weighted by molar-refractivity contribution is 0.324. The molecular weight excluding hydrogens is 214 g/mol. The van der Waals surface area contributed by atoms with Crippen molar-refractivity contribution in [1.29, 1.82) is 0 Å². The molecule has 0 heterocycles. The van der Waals surface area contributed by atoms with E-state index in [4.69, 9.17) is 11.6 Å². The largest absolute Gasteiger partial charge is 0.301 e. The Kier molecular flexibility index (Phi) is 4.79. The summed E-state index contributed by atoms with van der Waals surface area (Å²) < 4.78 is 0. The van der Waals surface area contributed by atoms with Gasteiger partial charge in [-0.05, 0) is 38.0 Å². The highest BCUT2D eigenvalue weighted by Gasteiger charge is 2.11. The average molecular weight is 230 g/mol. The number of hydrogen-bond donors (Lipinski definition) is 0. The van der Waals surface area contributed by atoms with Gasteiger partial charge in [-0.1, -0.05) is 12.1 Å². The summed E-state index contributed by atoms with van der Waals surface area (Å²) in [5, 5.41) is 0. The maximum Gasteiger partial charge on any atom is 0.0477 e. The molecule has 0 saturated carbocycles. The van der Waals surface area contributed by atoms with Crippen LogP contribution < -0.4 is 0 Å². The zero-order valence-corrected chi connectivity index (χ0v) is 10.4. The minimum Gasteiger partial charge on any atom is -0.301 e. The van der Waals surface area contributed by atoms with E-state index >= 15 is 0 Å². The van der Waals surface area contributed by atoms with Crippen molar-refractivity contribution < 1.29 is 0 Å². The van der Waals surface area contributed by atoms with Gasteiger partial charge in [-0.2, -0.15) is 0 Å². The van der Waals surface area contributed by atoms with Gasteiger partial charge in [-0.25, -0.2) is 0 Å². The lowest BCUT2D eigenvalue weighted by atomic mass is 10.1. The van der Waals surface area contributed by atoms with E-state index in [1.165, 1.54) is 10.5 Å². The monoisotopic (exact) mass is 229 g/mol. The quantitative estimate of drug-likeness (QED) is 0.576. The molecule has 0 spiro atoms. The van der Waals surface area contributed by atoms with Crippen molar-refractivity contribution in [2.75, 3.05) is 26.2 Å². The Bertz CT molecular complexity index is 271. The van der Waals surface area contributed by atoms with Crippen molar-refractivity contribution in [1.82, 2.24) is 4.90 Å². The summed E-state index contributed by atoms with van der Waals surface area (Å²) in [6, 6.07) is 8.90. The van der Waals surface area contributed by atoms with E-state index in [1.54, 1.807) is 11.8 Å². The molecular formula is C11H16ClNS. The molecule has 0 bridgehead atoms. The molecule has 0 aliphatic heterocycles. The summed E-state index contributed by atoms with van der Waals surface area (Å²) in [7, 11) is 4.10. The summed E-state index contributed by atoms with van der Waals surface area (Å²) in [6.45, 7) is 0. The van der Waals surface area contributed by atoms with Crippen LogP contribution in [-0.2, 0) is 0 Å². The highest BCUT2D eigenvalue weighted by molar-refractivity contribution is 7.98. The molecule has 0 saturated heterocycles. The number of halogens is 1. The van der Waals surface area contributed by atoms with Crippen molar-refractivity contribution in [3.05, 3.63) is 29.8 Å². The van der Waals surface area contributed by atoms with Crippen LogP contribution in [0.3, 0.4) is 0 Å². The van der Waals surface area contributed by atoms with Gasteiger partial charge in [0, 0.05) is 16.8 Å². The fourth-order valence-electron chi connectivity index (χ4n) is 1.35. The second kappa shape index (κ2) is 5.64. The Hall–Kier alpha value is -0.180. The topological polar surface area (TPSA) is 3.24 Å². The highest BCUT2D eigenvalue weighted by Crippen LogP contribution is 2.22. The second-order valence-corrected chi connectivity index (χ2v) is 4.60. The summed E-state index contributed by atoms with van der Waals surface area (Å²) in [5.41, 5.74) is 1.28. The van der Waals surface area contributed by atoms with Crippen LogP contribution >= 0.6 is 23.4 Å². The van der Waals surface area contributed by atoms with Gasteiger partial charge in [0.05, 0.1) is 0 Å². The normalized spacial score (nSPS) is 13.2. The third kappa shape index (κ3) is 2.91. The number of benzene rings is 1. The van der Waals surface area contributed by atoms with Gasteiger partial charge in [0.2, 0.25) is 0 Å². The molecule has 3 heteroatoms. The van der Waals surface area contributed by atoms with E-state index in [1.807, 2.05) is 0 Å². The first-order chi connectivity index (χ1) is 6.69. The van der Waals surface area contributed by atoms with Crippen LogP contribution in [0.1, 0.15) is 11.6 Å². The molecule has 1 aromatic rings. The van der Waals surface area contributed by atoms with Crippen molar-refractivity contribution >= 4 is 23.4 Å². The Morgan fingerprint density at radius 3 is 2.21 bits per heavy atom. The van der Waals surface area contributed by atoms with Crippen molar-refractivity contribution in [2.24, 2.45) is 0 Å². The Labute approximate surface area is 95.4 Å². The van der Waals surface area contributed by atoms with E-state index in [0.29, 0.717) is 11.9 Å². The summed E-state index contributed by atoms with van der Waals surface area (Å²) >= 11 is 7.68. The van der Waals surface area contributed by atoms with Crippen LogP contribution in [0.5, 0.6) is 0 Å². The molecule has 1 aromatic carbocycles. The first kappa shape index (κ1) is 11.9. The lowest BCUT2D eigenvalue weighted by Gasteiger charge is -2.22. The van der Waals surface area contributed by atoms with Gasteiger partial charge in [0.15, 0.2) is 0 Å². The average Bonchev–Trinajstić information content (AvgIpc) is 2.19.